The van der Waals surface area contributed by atoms with Gasteiger partial charge < -0.3 is 15.0 Å². The summed E-state index contributed by atoms with van der Waals surface area (Å²) in [6.45, 7) is 4.48. The number of ether oxygens (including phenoxy) is 1. The molecule has 1 N–H and O–H groups in total. The molecule has 17 heavy (non-hydrogen) atoms. The molecule has 0 aliphatic carbocycles. The van der Waals surface area contributed by atoms with E-state index in [1.165, 1.54) is 39.5 Å². The van der Waals surface area contributed by atoms with Crippen molar-refractivity contribution >= 4 is 5.97 Å². The Kier molecular flexibility index (Phi) is 7.21. The van der Waals surface area contributed by atoms with Crippen molar-refractivity contribution in [1.29, 1.82) is 0 Å². The minimum absolute atomic E-state index is 0.109. The average Bonchev–Trinajstić information content (AvgIpc) is 2.35. The second-order valence-electron chi connectivity index (χ2n) is 4.97. The molecular weight excluding hydrogens is 216 g/mol. The summed E-state index contributed by atoms with van der Waals surface area (Å²) in [5.74, 6) is 0.779. The van der Waals surface area contributed by atoms with Gasteiger partial charge in [0, 0.05) is 6.42 Å². The van der Waals surface area contributed by atoms with E-state index in [-0.39, 0.29) is 5.97 Å². The van der Waals surface area contributed by atoms with Crippen LogP contribution < -0.4 is 5.32 Å². The molecule has 0 aromatic rings. The smallest absolute Gasteiger partial charge is 0.305 e. The number of hydrogen-bond acceptors (Lipinski definition) is 4. The van der Waals surface area contributed by atoms with Gasteiger partial charge >= 0.3 is 5.97 Å². The van der Waals surface area contributed by atoms with Crippen molar-refractivity contribution in [2.75, 3.05) is 40.3 Å². The Morgan fingerprint density at radius 2 is 2.06 bits per heavy atom. The predicted molar refractivity (Wildman–Crippen MR) is 69.0 cm³/mol. The van der Waals surface area contributed by atoms with Gasteiger partial charge in [0.2, 0.25) is 0 Å². The zero-order valence-electron chi connectivity index (χ0n) is 11.2. The molecule has 0 saturated carbocycles. The topological polar surface area (TPSA) is 41.6 Å². The summed E-state index contributed by atoms with van der Waals surface area (Å²) in [6.07, 6.45) is 5.34. The number of likely N-dealkylation sites (tertiary alicyclic amines) is 1. The lowest BCUT2D eigenvalue weighted by atomic mass is 9.94. The van der Waals surface area contributed by atoms with Gasteiger partial charge in [-0.1, -0.05) is 0 Å². The van der Waals surface area contributed by atoms with E-state index in [9.17, 15) is 4.79 Å². The van der Waals surface area contributed by atoms with E-state index in [0.717, 1.165) is 25.4 Å². The van der Waals surface area contributed by atoms with Crippen LogP contribution in [0.2, 0.25) is 0 Å². The Balaban J connectivity index is 1.89. The van der Waals surface area contributed by atoms with Gasteiger partial charge in [-0.25, -0.2) is 0 Å². The zero-order chi connectivity index (χ0) is 12.5. The van der Waals surface area contributed by atoms with Gasteiger partial charge in [-0.3, -0.25) is 4.79 Å². The van der Waals surface area contributed by atoms with Crippen LogP contribution in [0.3, 0.4) is 0 Å². The van der Waals surface area contributed by atoms with E-state index in [0.29, 0.717) is 6.42 Å². The van der Waals surface area contributed by atoms with Crippen molar-refractivity contribution in [3.8, 4) is 0 Å². The number of nitrogens with one attached hydrogen (secondary N) is 1. The van der Waals surface area contributed by atoms with Crippen LogP contribution in [-0.4, -0.2) is 51.2 Å². The van der Waals surface area contributed by atoms with E-state index in [1.807, 2.05) is 0 Å². The number of carbonyl (C=O) groups is 1. The van der Waals surface area contributed by atoms with Crippen molar-refractivity contribution in [3.05, 3.63) is 0 Å². The Bertz CT molecular complexity index is 213. The summed E-state index contributed by atoms with van der Waals surface area (Å²) in [7, 11) is 3.64. The standard InChI is InChI=1S/C13H26N2O2/c1-15-10-6-12(7-11-15)5-9-14-8-3-4-13(16)17-2/h12,14H,3-11H2,1-2H3. The van der Waals surface area contributed by atoms with Crippen molar-refractivity contribution in [2.45, 2.75) is 32.1 Å². The van der Waals surface area contributed by atoms with Crippen LogP contribution in [-0.2, 0) is 9.53 Å². The largest absolute Gasteiger partial charge is 0.469 e. The van der Waals surface area contributed by atoms with Gasteiger partial charge in [0.05, 0.1) is 7.11 Å². The minimum Gasteiger partial charge on any atom is -0.469 e. The normalized spacial score (nSPS) is 18.2. The third-order valence-corrected chi connectivity index (χ3v) is 3.53. The highest BCUT2D eigenvalue weighted by Gasteiger charge is 2.15. The first-order chi connectivity index (χ1) is 8.22. The highest BCUT2D eigenvalue weighted by Crippen LogP contribution is 2.18. The fourth-order valence-electron chi connectivity index (χ4n) is 2.24. The SMILES string of the molecule is COC(=O)CCCNCCC1CCN(C)CC1. The highest BCUT2D eigenvalue weighted by atomic mass is 16.5. The van der Waals surface area contributed by atoms with E-state index in [4.69, 9.17) is 0 Å². The van der Waals surface area contributed by atoms with Gasteiger partial charge in [-0.2, -0.15) is 0 Å². The summed E-state index contributed by atoms with van der Waals surface area (Å²) in [6, 6.07) is 0. The molecule has 100 valence electrons. The highest BCUT2D eigenvalue weighted by molar-refractivity contribution is 5.68. The van der Waals surface area contributed by atoms with Crippen molar-refractivity contribution < 1.29 is 9.53 Å². The van der Waals surface area contributed by atoms with E-state index in [2.05, 4.69) is 22.0 Å². The second kappa shape index (κ2) is 8.48. The molecular formula is C13H26N2O2. The lowest BCUT2D eigenvalue weighted by Crippen LogP contribution is -2.31. The first-order valence-corrected chi connectivity index (χ1v) is 6.68. The van der Waals surface area contributed by atoms with Crippen molar-refractivity contribution in [2.24, 2.45) is 5.92 Å². The molecule has 1 heterocycles. The molecule has 0 amide bonds. The quantitative estimate of drug-likeness (QED) is 0.539. The van der Waals surface area contributed by atoms with Crippen LogP contribution in [0.25, 0.3) is 0 Å². The number of nitrogens with zero attached hydrogens (tertiary/aromatic N) is 1. The van der Waals surface area contributed by atoms with Gasteiger partial charge in [0.1, 0.15) is 0 Å². The van der Waals surface area contributed by atoms with Crippen LogP contribution in [0, 0.1) is 5.92 Å². The molecule has 0 atom stereocenters. The maximum atomic E-state index is 10.9. The predicted octanol–water partition coefficient (Wildman–Crippen LogP) is 1.26. The Hall–Kier alpha value is -0.610. The Labute approximate surface area is 105 Å². The van der Waals surface area contributed by atoms with E-state index in [1.54, 1.807) is 0 Å². The third kappa shape index (κ3) is 6.64. The van der Waals surface area contributed by atoms with Gasteiger partial charge in [-0.05, 0) is 64.8 Å². The van der Waals surface area contributed by atoms with Gasteiger partial charge in [-0.15, -0.1) is 0 Å². The Morgan fingerprint density at radius 3 is 2.71 bits per heavy atom. The summed E-state index contributed by atoms with van der Waals surface area (Å²) in [5.41, 5.74) is 0. The van der Waals surface area contributed by atoms with Crippen LogP contribution in [0.5, 0.6) is 0 Å². The summed E-state index contributed by atoms with van der Waals surface area (Å²) in [5, 5.41) is 3.40. The first kappa shape index (κ1) is 14.5. The number of piperidine rings is 1. The van der Waals surface area contributed by atoms with Crippen molar-refractivity contribution in [1.82, 2.24) is 10.2 Å². The maximum Gasteiger partial charge on any atom is 0.305 e. The second-order valence-corrected chi connectivity index (χ2v) is 4.97. The molecule has 1 aliphatic heterocycles. The summed E-state index contributed by atoms with van der Waals surface area (Å²) in [4.78, 5) is 13.3. The summed E-state index contributed by atoms with van der Waals surface area (Å²) >= 11 is 0. The molecule has 1 saturated heterocycles. The number of carbonyl (C=O) groups excluding carboxylic acids is 1. The van der Waals surface area contributed by atoms with Crippen LogP contribution in [0.4, 0.5) is 0 Å². The first-order valence-electron chi connectivity index (χ1n) is 6.68. The monoisotopic (exact) mass is 242 g/mol. The molecule has 0 radical (unpaired) electrons. The minimum atomic E-state index is -0.109. The maximum absolute atomic E-state index is 10.9. The molecule has 0 unspecified atom stereocenters. The Morgan fingerprint density at radius 1 is 1.35 bits per heavy atom. The molecule has 1 fully saturated rings. The number of rotatable bonds is 7. The summed E-state index contributed by atoms with van der Waals surface area (Å²) < 4.78 is 4.59. The van der Waals surface area contributed by atoms with Crippen molar-refractivity contribution in [3.63, 3.8) is 0 Å². The van der Waals surface area contributed by atoms with Crippen LogP contribution in [0.1, 0.15) is 32.1 Å². The van der Waals surface area contributed by atoms with Gasteiger partial charge in [0.15, 0.2) is 0 Å². The number of esters is 1. The average molecular weight is 242 g/mol. The molecule has 1 aliphatic rings. The lowest BCUT2D eigenvalue weighted by molar-refractivity contribution is -0.140. The van der Waals surface area contributed by atoms with E-state index < -0.39 is 0 Å². The molecule has 4 heteroatoms. The molecule has 4 nitrogen and oxygen atoms in total. The zero-order valence-corrected chi connectivity index (χ0v) is 11.2. The fourth-order valence-corrected chi connectivity index (χ4v) is 2.24. The number of methoxy groups -OCH3 is 1. The van der Waals surface area contributed by atoms with E-state index >= 15 is 0 Å². The van der Waals surface area contributed by atoms with Gasteiger partial charge in [0.25, 0.3) is 0 Å². The molecule has 0 bridgehead atoms. The molecule has 0 spiro atoms. The number of hydrogen-bond donors (Lipinski definition) is 1. The van der Waals surface area contributed by atoms with Crippen LogP contribution in [0.15, 0.2) is 0 Å². The fraction of sp³-hybridized carbons (Fsp3) is 0.923. The third-order valence-electron chi connectivity index (χ3n) is 3.53. The molecule has 0 aromatic heterocycles. The lowest BCUT2D eigenvalue weighted by Gasteiger charge is -2.28. The van der Waals surface area contributed by atoms with Crippen LogP contribution >= 0.6 is 0 Å². The molecule has 1 rings (SSSR count). The molecule has 0 aromatic carbocycles.